The number of aliphatic hydroxyl groups excluding tert-OH is 1. The van der Waals surface area contributed by atoms with E-state index in [0.29, 0.717) is 6.54 Å². The third kappa shape index (κ3) is 3.24. The molecule has 0 radical (unpaired) electrons. The summed E-state index contributed by atoms with van der Waals surface area (Å²) >= 11 is 0. The lowest BCUT2D eigenvalue weighted by Crippen LogP contribution is -2.26. The van der Waals surface area contributed by atoms with Crippen molar-refractivity contribution in [2.75, 3.05) is 25.0 Å². The molecule has 0 fully saturated rings. The number of nitrogens with one attached hydrogen (secondary N) is 1. The van der Waals surface area contributed by atoms with Gasteiger partial charge in [-0.2, -0.15) is 0 Å². The molecule has 0 spiro atoms. The van der Waals surface area contributed by atoms with E-state index in [1.54, 1.807) is 0 Å². The van der Waals surface area contributed by atoms with Gasteiger partial charge in [-0.05, 0) is 30.0 Å². The van der Waals surface area contributed by atoms with Gasteiger partial charge in [-0.3, -0.25) is 0 Å². The van der Waals surface area contributed by atoms with Crippen molar-refractivity contribution in [2.45, 2.75) is 38.8 Å². The van der Waals surface area contributed by atoms with Gasteiger partial charge in [-0.15, -0.1) is 0 Å². The number of aliphatic hydroxyl groups is 1. The summed E-state index contributed by atoms with van der Waals surface area (Å²) in [5, 5.41) is 13.0. The molecule has 2 rings (SSSR count). The zero-order valence-corrected chi connectivity index (χ0v) is 11.4. The molecule has 1 atom stereocenters. The molecule has 1 aliphatic heterocycles. The first-order chi connectivity index (χ1) is 8.70. The van der Waals surface area contributed by atoms with Crippen molar-refractivity contribution < 1.29 is 5.11 Å². The second kappa shape index (κ2) is 6.21. The van der Waals surface area contributed by atoms with Gasteiger partial charge in [0, 0.05) is 32.4 Å². The van der Waals surface area contributed by atoms with Crippen molar-refractivity contribution in [1.82, 2.24) is 5.32 Å². The fourth-order valence-corrected chi connectivity index (χ4v) is 2.55. The smallest absolute Gasteiger partial charge is 0.0664 e. The largest absolute Gasteiger partial charge is 0.392 e. The van der Waals surface area contributed by atoms with Crippen LogP contribution in [0.3, 0.4) is 0 Å². The number of hydrogen-bond donors (Lipinski definition) is 2. The molecule has 1 unspecified atom stereocenters. The quantitative estimate of drug-likeness (QED) is 0.807. The van der Waals surface area contributed by atoms with E-state index in [2.05, 4.69) is 42.4 Å². The first-order valence-corrected chi connectivity index (χ1v) is 6.92. The molecule has 3 nitrogen and oxygen atoms in total. The number of rotatable bonds is 6. The van der Waals surface area contributed by atoms with Gasteiger partial charge in [-0.1, -0.05) is 25.5 Å². The van der Waals surface area contributed by atoms with E-state index in [0.717, 1.165) is 32.4 Å². The minimum Gasteiger partial charge on any atom is -0.392 e. The topological polar surface area (TPSA) is 35.5 Å². The summed E-state index contributed by atoms with van der Waals surface area (Å²) < 4.78 is 0. The first kappa shape index (κ1) is 13.4. The van der Waals surface area contributed by atoms with Crippen LogP contribution in [0.1, 0.15) is 30.9 Å². The maximum Gasteiger partial charge on any atom is 0.0664 e. The molecule has 0 saturated heterocycles. The zero-order chi connectivity index (χ0) is 13.0. The van der Waals surface area contributed by atoms with Gasteiger partial charge in [0.05, 0.1) is 6.10 Å². The van der Waals surface area contributed by atoms with Crippen molar-refractivity contribution in [2.24, 2.45) is 0 Å². The fourth-order valence-electron chi connectivity index (χ4n) is 2.55. The summed E-state index contributed by atoms with van der Waals surface area (Å²) in [6.07, 6.45) is 2.85. The van der Waals surface area contributed by atoms with Gasteiger partial charge < -0.3 is 15.3 Å². The summed E-state index contributed by atoms with van der Waals surface area (Å²) in [6.45, 7) is 4.75. The van der Waals surface area contributed by atoms with Crippen molar-refractivity contribution >= 4 is 5.69 Å². The molecule has 2 N–H and O–H groups in total. The molecule has 1 aromatic carbocycles. The Hall–Kier alpha value is -1.06. The number of anilines is 1. The van der Waals surface area contributed by atoms with Crippen LogP contribution in [0.2, 0.25) is 0 Å². The lowest BCUT2D eigenvalue weighted by molar-refractivity contribution is 0.160. The average Bonchev–Trinajstić information content (AvgIpc) is 2.71. The summed E-state index contributed by atoms with van der Waals surface area (Å²) in [4.78, 5) is 2.30. The summed E-state index contributed by atoms with van der Waals surface area (Å²) in [7, 11) is 2.14. The minimum absolute atomic E-state index is 0.212. The molecule has 18 heavy (non-hydrogen) atoms. The Morgan fingerprint density at radius 2 is 2.28 bits per heavy atom. The third-order valence-corrected chi connectivity index (χ3v) is 3.60. The highest BCUT2D eigenvalue weighted by Gasteiger charge is 2.15. The predicted octanol–water partition coefficient (Wildman–Crippen LogP) is 1.93. The zero-order valence-electron chi connectivity index (χ0n) is 11.4. The van der Waals surface area contributed by atoms with E-state index in [1.165, 1.54) is 16.8 Å². The Bertz CT molecular complexity index is 392. The number of nitrogens with zero attached hydrogens (tertiary/aromatic N) is 1. The Morgan fingerprint density at radius 1 is 1.44 bits per heavy atom. The van der Waals surface area contributed by atoms with Crippen LogP contribution in [0.15, 0.2) is 18.2 Å². The fraction of sp³-hybridized carbons (Fsp3) is 0.600. The third-order valence-electron chi connectivity index (χ3n) is 3.60. The van der Waals surface area contributed by atoms with E-state index < -0.39 is 0 Å². The summed E-state index contributed by atoms with van der Waals surface area (Å²) in [6, 6.07) is 6.68. The highest BCUT2D eigenvalue weighted by Crippen LogP contribution is 2.27. The van der Waals surface area contributed by atoms with E-state index in [4.69, 9.17) is 0 Å². The molecule has 0 amide bonds. The van der Waals surface area contributed by atoms with E-state index >= 15 is 0 Å². The molecular formula is C15H24N2O. The van der Waals surface area contributed by atoms with Crippen LogP contribution in [-0.2, 0) is 13.0 Å². The molecule has 100 valence electrons. The maximum atomic E-state index is 9.65. The van der Waals surface area contributed by atoms with Crippen LogP contribution in [0, 0.1) is 0 Å². The minimum atomic E-state index is -0.212. The summed E-state index contributed by atoms with van der Waals surface area (Å²) in [5.74, 6) is 0. The van der Waals surface area contributed by atoms with Crippen LogP contribution >= 0.6 is 0 Å². The standard InChI is InChI=1S/C15H24N2O/c1-3-4-14(18)11-16-10-12-5-6-15-13(9-12)7-8-17(15)2/h5-6,9,14,16,18H,3-4,7-8,10-11H2,1-2H3. The van der Waals surface area contributed by atoms with E-state index in [9.17, 15) is 5.11 Å². The van der Waals surface area contributed by atoms with Crippen LogP contribution < -0.4 is 10.2 Å². The van der Waals surface area contributed by atoms with Crippen LogP contribution in [0.25, 0.3) is 0 Å². The van der Waals surface area contributed by atoms with Gasteiger partial charge >= 0.3 is 0 Å². The van der Waals surface area contributed by atoms with Crippen molar-refractivity contribution in [3.63, 3.8) is 0 Å². The van der Waals surface area contributed by atoms with Crippen molar-refractivity contribution in [1.29, 1.82) is 0 Å². The van der Waals surface area contributed by atoms with Gasteiger partial charge in [0.25, 0.3) is 0 Å². The second-order valence-corrected chi connectivity index (χ2v) is 5.21. The van der Waals surface area contributed by atoms with Gasteiger partial charge in [0.15, 0.2) is 0 Å². The Morgan fingerprint density at radius 3 is 3.06 bits per heavy atom. The lowest BCUT2D eigenvalue weighted by Gasteiger charge is -2.13. The first-order valence-electron chi connectivity index (χ1n) is 6.92. The number of likely N-dealkylation sites (N-methyl/N-ethyl adjacent to an activating group) is 1. The SMILES string of the molecule is CCCC(O)CNCc1ccc2c(c1)CCN2C. The van der Waals surface area contributed by atoms with Gasteiger partial charge in [0.1, 0.15) is 0 Å². The second-order valence-electron chi connectivity index (χ2n) is 5.21. The summed E-state index contributed by atoms with van der Waals surface area (Å²) in [5.41, 5.74) is 4.13. The molecule has 1 aliphatic rings. The van der Waals surface area contributed by atoms with Gasteiger partial charge in [-0.25, -0.2) is 0 Å². The van der Waals surface area contributed by atoms with Crippen molar-refractivity contribution in [3.8, 4) is 0 Å². The highest BCUT2D eigenvalue weighted by atomic mass is 16.3. The van der Waals surface area contributed by atoms with Gasteiger partial charge in [0.2, 0.25) is 0 Å². The Kier molecular flexibility index (Phi) is 4.61. The molecule has 0 aromatic heterocycles. The Labute approximate surface area is 110 Å². The van der Waals surface area contributed by atoms with E-state index in [-0.39, 0.29) is 6.10 Å². The Balaban J connectivity index is 1.84. The molecule has 0 saturated carbocycles. The molecule has 1 aromatic rings. The predicted molar refractivity (Wildman–Crippen MR) is 76.0 cm³/mol. The van der Waals surface area contributed by atoms with Crippen LogP contribution in [0.5, 0.6) is 0 Å². The molecular weight excluding hydrogens is 224 g/mol. The molecule has 1 heterocycles. The maximum absolute atomic E-state index is 9.65. The monoisotopic (exact) mass is 248 g/mol. The highest BCUT2D eigenvalue weighted by molar-refractivity contribution is 5.58. The number of hydrogen-bond acceptors (Lipinski definition) is 3. The normalized spacial score (nSPS) is 15.8. The average molecular weight is 248 g/mol. The van der Waals surface area contributed by atoms with E-state index in [1.807, 2.05) is 0 Å². The van der Waals surface area contributed by atoms with Crippen LogP contribution in [-0.4, -0.2) is 31.3 Å². The number of fused-ring (bicyclic) bond motifs is 1. The molecule has 3 heteroatoms. The van der Waals surface area contributed by atoms with Crippen molar-refractivity contribution in [3.05, 3.63) is 29.3 Å². The molecule has 0 aliphatic carbocycles. The lowest BCUT2D eigenvalue weighted by atomic mass is 10.1. The van der Waals surface area contributed by atoms with Crippen LogP contribution in [0.4, 0.5) is 5.69 Å². The molecule has 0 bridgehead atoms. The number of benzene rings is 1.